The van der Waals surface area contributed by atoms with Gasteiger partial charge in [-0.25, -0.2) is 8.42 Å². The molecule has 0 aromatic rings. The van der Waals surface area contributed by atoms with E-state index in [9.17, 15) is 8.42 Å². The van der Waals surface area contributed by atoms with E-state index in [-0.39, 0.29) is 12.0 Å². The molecule has 1 aliphatic rings. The molecule has 0 aromatic heterocycles. The van der Waals surface area contributed by atoms with Crippen molar-refractivity contribution in [3.8, 4) is 11.8 Å². The van der Waals surface area contributed by atoms with Crippen LogP contribution in [0.3, 0.4) is 0 Å². The van der Waals surface area contributed by atoms with E-state index in [2.05, 4.69) is 11.8 Å². The third-order valence-electron chi connectivity index (χ3n) is 2.50. The topological polar surface area (TPSA) is 60.2 Å². The monoisotopic (exact) mass is 215 g/mol. The van der Waals surface area contributed by atoms with E-state index in [1.54, 1.807) is 6.92 Å². The van der Waals surface area contributed by atoms with E-state index in [0.717, 1.165) is 12.8 Å². The first-order valence-electron chi connectivity index (χ1n) is 4.89. The summed E-state index contributed by atoms with van der Waals surface area (Å²) >= 11 is 0. The molecule has 2 N–H and O–H groups in total. The quantitative estimate of drug-likeness (QED) is 0.699. The first kappa shape index (κ1) is 11.5. The van der Waals surface area contributed by atoms with Gasteiger partial charge in [0, 0.05) is 12.5 Å². The minimum absolute atomic E-state index is 0.0285. The van der Waals surface area contributed by atoms with Gasteiger partial charge in [-0.1, -0.05) is 0 Å². The summed E-state index contributed by atoms with van der Waals surface area (Å²) in [7, 11) is -2.75. The maximum Gasteiger partial charge on any atom is 0.150 e. The van der Waals surface area contributed by atoms with Crippen LogP contribution in [0, 0.1) is 17.8 Å². The summed E-state index contributed by atoms with van der Waals surface area (Å²) in [6, 6.07) is 0.0285. The van der Waals surface area contributed by atoms with Crippen molar-refractivity contribution in [2.24, 2.45) is 11.7 Å². The first-order valence-corrected chi connectivity index (χ1v) is 6.71. The molecular weight excluding hydrogens is 198 g/mol. The number of nitrogens with two attached hydrogens (primary N) is 1. The predicted molar refractivity (Wildman–Crippen MR) is 57.4 cm³/mol. The molecule has 1 saturated heterocycles. The van der Waals surface area contributed by atoms with Gasteiger partial charge in [-0.3, -0.25) is 0 Å². The molecule has 0 aromatic carbocycles. The van der Waals surface area contributed by atoms with Crippen LogP contribution in [-0.4, -0.2) is 26.0 Å². The lowest BCUT2D eigenvalue weighted by Gasteiger charge is -2.12. The van der Waals surface area contributed by atoms with Gasteiger partial charge in [-0.15, -0.1) is 11.8 Å². The summed E-state index contributed by atoms with van der Waals surface area (Å²) in [6.07, 6.45) is 2.23. The van der Waals surface area contributed by atoms with Crippen LogP contribution in [0.4, 0.5) is 0 Å². The Bertz CT molecular complexity index is 337. The van der Waals surface area contributed by atoms with E-state index in [4.69, 9.17) is 5.73 Å². The van der Waals surface area contributed by atoms with Gasteiger partial charge < -0.3 is 5.73 Å². The SMILES string of the molecule is CC#CCC(N)CC1CCS(=O)(=O)C1. The number of sulfone groups is 1. The summed E-state index contributed by atoms with van der Waals surface area (Å²) in [5.74, 6) is 6.62. The number of hydrogen-bond acceptors (Lipinski definition) is 3. The smallest absolute Gasteiger partial charge is 0.150 e. The number of rotatable bonds is 3. The Kier molecular flexibility index (Phi) is 3.97. The van der Waals surface area contributed by atoms with Gasteiger partial charge in [0.15, 0.2) is 9.84 Å². The average molecular weight is 215 g/mol. The highest BCUT2D eigenvalue weighted by atomic mass is 32.2. The third kappa shape index (κ3) is 3.69. The lowest BCUT2D eigenvalue weighted by atomic mass is 9.98. The summed E-state index contributed by atoms with van der Waals surface area (Å²) in [5.41, 5.74) is 5.83. The molecule has 0 aliphatic carbocycles. The van der Waals surface area contributed by atoms with Gasteiger partial charge in [0.05, 0.1) is 11.5 Å². The van der Waals surface area contributed by atoms with Gasteiger partial charge >= 0.3 is 0 Å². The predicted octanol–water partition coefficient (Wildman–Crippen LogP) is 0.552. The second-order valence-corrected chi connectivity index (χ2v) is 6.12. The fraction of sp³-hybridized carbons (Fsp3) is 0.800. The molecule has 14 heavy (non-hydrogen) atoms. The Balaban J connectivity index is 2.34. The third-order valence-corrected chi connectivity index (χ3v) is 4.34. The van der Waals surface area contributed by atoms with Gasteiger partial charge in [-0.2, -0.15) is 0 Å². The normalized spacial score (nSPS) is 26.6. The van der Waals surface area contributed by atoms with Crippen LogP contribution in [0.15, 0.2) is 0 Å². The minimum atomic E-state index is -2.75. The van der Waals surface area contributed by atoms with Crippen molar-refractivity contribution in [2.45, 2.75) is 32.2 Å². The van der Waals surface area contributed by atoms with Crippen LogP contribution >= 0.6 is 0 Å². The molecule has 80 valence electrons. The second kappa shape index (κ2) is 4.81. The van der Waals surface area contributed by atoms with Crippen LogP contribution in [0.5, 0.6) is 0 Å². The fourth-order valence-electron chi connectivity index (χ4n) is 1.80. The van der Waals surface area contributed by atoms with Crippen LogP contribution in [0.2, 0.25) is 0 Å². The lowest BCUT2D eigenvalue weighted by molar-refractivity contribution is 0.475. The van der Waals surface area contributed by atoms with E-state index in [1.807, 2.05) is 0 Å². The molecule has 0 radical (unpaired) electrons. The largest absolute Gasteiger partial charge is 0.327 e. The van der Waals surface area contributed by atoms with Crippen LogP contribution in [-0.2, 0) is 9.84 Å². The molecule has 1 rings (SSSR count). The van der Waals surface area contributed by atoms with Gasteiger partial charge in [0.1, 0.15) is 0 Å². The summed E-state index contributed by atoms with van der Waals surface area (Å²) in [6.45, 7) is 1.78. The maximum absolute atomic E-state index is 11.2. The van der Waals surface area contributed by atoms with Crippen molar-refractivity contribution in [1.82, 2.24) is 0 Å². The van der Waals surface area contributed by atoms with Crippen LogP contribution in [0.1, 0.15) is 26.2 Å². The Morgan fingerprint density at radius 3 is 2.79 bits per heavy atom. The van der Waals surface area contributed by atoms with E-state index in [1.165, 1.54) is 0 Å². The first-order chi connectivity index (χ1) is 6.53. The number of hydrogen-bond donors (Lipinski definition) is 1. The molecule has 0 spiro atoms. The van der Waals surface area contributed by atoms with E-state index < -0.39 is 9.84 Å². The van der Waals surface area contributed by atoms with Crippen LogP contribution < -0.4 is 5.73 Å². The van der Waals surface area contributed by atoms with Crippen molar-refractivity contribution in [3.63, 3.8) is 0 Å². The van der Waals surface area contributed by atoms with E-state index in [0.29, 0.717) is 17.9 Å². The lowest BCUT2D eigenvalue weighted by Crippen LogP contribution is -2.23. The van der Waals surface area contributed by atoms with Crippen molar-refractivity contribution >= 4 is 9.84 Å². The van der Waals surface area contributed by atoms with Crippen LogP contribution in [0.25, 0.3) is 0 Å². The molecule has 2 atom stereocenters. The zero-order valence-corrected chi connectivity index (χ0v) is 9.31. The van der Waals surface area contributed by atoms with Crippen molar-refractivity contribution in [1.29, 1.82) is 0 Å². The van der Waals surface area contributed by atoms with Crippen molar-refractivity contribution in [2.75, 3.05) is 11.5 Å². The molecule has 1 aliphatic heterocycles. The standard InChI is InChI=1S/C10H17NO2S/c1-2-3-4-10(11)7-9-5-6-14(12,13)8-9/h9-10H,4-8,11H2,1H3. The van der Waals surface area contributed by atoms with Gasteiger partial charge in [-0.05, 0) is 25.7 Å². The van der Waals surface area contributed by atoms with Crippen molar-refractivity contribution in [3.05, 3.63) is 0 Å². The summed E-state index contributed by atoms with van der Waals surface area (Å²) < 4.78 is 22.3. The highest BCUT2D eigenvalue weighted by Gasteiger charge is 2.28. The molecule has 0 saturated carbocycles. The van der Waals surface area contributed by atoms with Crippen molar-refractivity contribution < 1.29 is 8.42 Å². The van der Waals surface area contributed by atoms with Gasteiger partial charge in [0.2, 0.25) is 0 Å². The maximum atomic E-state index is 11.2. The molecule has 1 fully saturated rings. The van der Waals surface area contributed by atoms with Gasteiger partial charge in [0.25, 0.3) is 0 Å². The Morgan fingerprint density at radius 1 is 1.57 bits per heavy atom. The fourth-order valence-corrected chi connectivity index (χ4v) is 3.68. The highest BCUT2D eigenvalue weighted by Crippen LogP contribution is 2.22. The Hall–Kier alpha value is -0.530. The highest BCUT2D eigenvalue weighted by molar-refractivity contribution is 7.91. The molecule has 1 heterocycles. The average Bonchev–Trinajstić information content (AvgIpc) is 2.42. The minimum Gasteiger partial charge on any atom is -0.327 e. The Labute approximate surface area is 86.0 Å². The zero-order chi connectivity index (χ0) is 10.6. The molecular formula is C10H17NO2S. The van der Waals surface area contributed by atoms with E-state index >= 15 is 0 Å². The molecule has 4 heteroatoms. The molecule has 0 amide bonds. The second-order valence-electron chi connectivity index (χ2n) is 3.90. The zero-order valence-electron chi connectivity index (χ0n) is 8.49. The summed E-state index contributed by atoms with van der Waals surface area (Å²) in [4.78, 5) is 0. The molecule has 3 nitrogen and oxygen atoms in total. The molecule has 2 unspecified atom stereocenters. The molecule has 0 bridgehead atoms. The summed E-state index contributed by atoms with van der Waals surface area (Å²) in [5, 5.41) is 0. The Morgan fingerprint density at radius 2 is 2.29 bits per heavy atom.